The molecule has 4 fully saturated rings. The molecule has 72 heavy (non-hydrogen) atoms. The highest BCUT2D eigenvalue weighted by Crippen LogP contribution is 2.49. The Hall–Kier alpha value is -5.29. The molecule has 4 aliphatic rings. The summed E-state index contributed by atoms with van der Waals surface area (Å²) < 4.78 is 63.9. The Bertz CT molecular complexity index is 2540. The van der Waals surface area contributed by atoms with Gasteiger partial charge in [0.25, 0.3) is 0 Å². The van der Waals surface area contributed by atoms with Crippen molar-refractivity contribution in [3.05, 3.63) is 129 Å². The summed E-state index contributed by atoms with van der Waals surface area (Å²) in [6.07, 6.45) is 2.77. The first-order valence-corrected chi connectivity index (χ1v) is 26.5. The van der Waals surface area contributed by atoms with Gasteiger partial charge in [0.2, 0.25) is 0 Å². The number of methoxy groups -OCH3 is 4. The number of ketones is 1. The molecule has 0 radical (unpaired) electrons. The highest BCUT2D eigenvalue weighted by molar-refractivity contribution is 9.11. The number of ether oxygens (including phenoxy) is 8. The second-order valence-electron chi connectivity index (χ2n) is 18.9. The fraction of sp³-hybridized carbons (Fsp3) is 0.421. The van der Waals surface area contributed by atoms with Gasteiger partial charge in [-0.3, -0.25) is 4.79 Å². The van der Waals surface area contributed by atoms with Gasteiger partial charge in [-0.1, -0.05) is 24.3 Å². The van der Waals surface area contributed by atoms with Gasteiger partial charge in [0.05, 0.1) is 80.3 Å². The predicted molar refractivity (Wildman–Crippen MR) is 282 cm³/mol. The Morgan fingerprint density at radius 2 is 0.875 bits per heavy atom. The van der Waals surface area contributed by atoms with Crippen LogP contribution >= 0.6 is 31.9 Å². The predicted octanol–water partition coefficient (Wildman–Crippen LogP) is 12.2. The third kappa shape index (κ3) is 11.3. The number of nitrogens with zero attached hydrogens (tertiary/aromatic N) is 2. The van der Waals surface area contributed by atoms with Crippen LogP contribution in [0.5, 0.6) is 23.0 Å². The van der Waals surface area contributed by atoms with Crippen LogP contribution in [0.3, 0.4) is 0 Å². The van der Waals surface area contributed by atoms with Gasteiger partial charge in [-0.15, -0.1) is 0 Å². The van der Waals surface area contributed by atoms with Crippen LogP contribution < -0.4 is 28.7 Å². The van der Waals surface area contributed by atoms with E-state index in [1.807, 2.05) is 48.5 Å². The van der Waals surface area contributed by atoms with Gasteiger partial charge >= 0.3 is 0 Å². The number of rotatable bonds is 22. The summed E-state index contributed by atoms with van der Waals surface area (Å²) in [5, 5.41) is 0. The molecule has 2 aromatic heterocycles. The number of Topliss-reactive ketones (excluding diaryl/α,β-unsaturated/α-hetero) is 1. The summed E-state index contributed by atoms with van der Waals surface area (Å²) in [4.78, 5) is 21.4. The first-order chi connectivity index (χ1) is 35.2. The normalized spacial score (nSPS) is 17.8. The molecule has 2 saturated heterocycles. The number of morpholine rings is 2. The number of hydrogen-bond donors (Lipinski definition) is 0. The van der Waals surface area contributed by atoms with Gasteiger partial charge < -0.3 is 56.5 Å². The lowest BCUT2D eigenvalue weighted by molar-refractivity contribution is -0.131. The Morgan fingerprint density at radius 3 is 1.19 bits per heavy atom. The van der Waals surface area contributed by atoms with Crippen molar-refractivity contribution in [1.29, 1.82) is 0 Å². The molecule has 0 bridgehead atoms. The maximum absolute atomic E-state index is 16.8. The highest BCUT2D eigenvalue weighted by atomic mass is 79.9. The highest BCUT2D eigenvalue weighted by Gasteiger charge is 2.45. The quantitative estimate of drug-likeness (QED) is 0.0641. The van der Waals surface area contributed by atoms with Crippen LogP contribution in [0.25, 0.3) is 22.6 Å². The lowest BCUT2D eigenvalue weighted by Gasteiger charge is -2.33. The van der Waals surface area contributed by atoms with Gasteiger partial charge in [0.1, 0.15) is 66.8 Å². The molecule has 4 heterocycles. The molecule has 0 spiro atoms. The van der Waals surface area contributed by atoms with Crippen molar-refractivity contribution < 1.29 is 51.5 Å². The second-order valence-corrected chi connectivity index (χ2v) is 20.5. The second kappa shape index (κ2) is 22.9. The Balaban J connectivity index is 1.13. The van der Waals surface area contributed by atoms with Crippen molar-refractivity contribution >= 4 is 49.0 Å². The summed E-state index contributed by atoms with van der Waals surface area (Å²) in [5.41, 5.74) is 5.31. The number of hydrogen-bond acceptors (Lipinski definition) is 13. The van der Waals surface area contributed by atoms with Crippen molar-refractivity contribution in [2.75, 3.05) is 104 Å². The van der Waals surface area contributed by atoms with Crippen LogP contribution in [0, 0.1) is 11.8 Å². The summed E-state index contributed by atoms with van der Waals surface area (Å²) in [5.74, 6) is 2.92. The number of carbonyl (C=O) groups excluding carboxylic acids is 1. The SMILES string of the molecule is COc1cc(-c2ccc(C(C(=O)C(c3ccc(-c4cc(OC)c(Br)c(OC)c4)o3)C(OCC3CC3)c3ccc(N4CCOCC4)cc3)C(OCC3CC3)c3ccc(N4CCOCC4)cc3)o2)cc(OC)c1Br. The van der Waals surface area contributed by atoms with Crippen LogP contribution in [0.4, 0.5) is 11.4 Å². The number of furan rings is 2. The topological polar surface area (TPSA) is 124 Å². The Morgan fingerprint density at radius 1 is 0.528 bits per heavy atom. The number of carbonyl (C=O) groups is 1. The zero-order valence-electron chi connectivity index (χ0n) is 41.2. The van der Waals surface area contributed by atoms with E-state index in [0.717, 1.165) is 74.4 Å². The monoisotopic (exact) mass is 1110 g/mol. The van der Waals surface area contributed by atoms with E-state index in [-0.39, 0.29) is 5.78 Å². The minimum atomic E-state index is -0.975. The van der Waals surface area contributed by atoms with Crippen molar-refractivity contribution in [3.8, 4) is 45.6 Å². The van der Waals surface area contributed by atoms with E-state index < -0.39 is 24.0 Å². The van der Waals surface area contributed by atoms with E-state index in [4.69, 9.17) is 46.7 Å². The maximum Gasteiger partial charge on any atom is 0.160 e. The summed E-state index contributed by atoms with van der Waals surface area (Å²) in [7, 11) is 6.44. The molecule has 0 amide bonds. The summed E-state index contributed by atoms with van der Waals surface area (Å²) in [6, 6.07) is 32.0. The van der Waals surface area contributed by atoms with E-state index in [9.17, 15) is 0 Å². The van der Waals surface area contributed by atoms with Crippen molar-refractivity contribution in [1.82, 2.24) is 0 Å². The van der Waals surface area contributed by atoms with Crippen LogP contribution in [0.2, 0.25) is 0 Å². The number of anilines is 2. The number of benzene rings is 4. The van der Waals surface area contributed by atoms with Gasteiger partial charge in [-0.2, -0.15) is 0 Å². The van der Waals surface area contributed by atoms with Crippen LogP contribution in [0.1, 0.15) is 72.4 Å². The van der Waals surface area contributed by atoms with E-state index >= 15 is 4.79 Å². The van der Waals surface area contributed by atoms with E-state index in [1.165, 1.54) is 0 Å². The molecule has 2 aliphatic carbocycles. The zero-order valence-corrected chi connectivity index (χ0v) is 44.4. The summed E-state index contributed by atoms with van der Waals surface area (Å²) >= 11 is 7.25. The first kappa shape index (κ1) is 50.3. The van der Waals surface area contributed by atoms with Crippen LogP contribution in [-0.2, 0) is 23.7 Å². The summed E-state index contributed by atoms with van der Waals surface area (Å²) in [6.45, 7) is 6.83. The van der Waals surface area contributed by atoms with E-state index in [0.29, 0.717) is 118 Å². The van der Waals surface area contributed by atoms with E-state index in [2.05, 4.69) is 90.2 Å². The maximum atomic E-state index is 16.8. The molecular formula is C57H62Br2N2O11. The zero-order chi connectivity index (χ0) is 49.7. The molecule has 15 heteroatoms. The first-order valence-electron chi connectivity index (χ1n) is 24.9. The molecule has 13 nitrogen and oxygen atoms in total. The average Bonchev–Trinajstić information content (AvgIpc) is 4.35. The standard InChI is InChI=1S/C57H62Br2N2O11/c1-63-47-29-39(30-48(64-2)53(47)58)43-17-19-45(71-43)51(56(69-33-35-5-6-35)37-9-13-41(14-10-37)60-21-25-67-26-22-60)55(62)52(46-20-18-44(72-46)40-31-49(65-3)54(59)50(32-40)66-4)57(70-34-36-7-8-36)38-11-15-42(16-12-38)61-23-27-68-28-24-61/h9-20,29-32,35-36,51-52,56-57H,5-8,21-28,33-34H2,1-4H3. The average molecular weight is 1110 g/mol. The van der Waals surface area contributed by atoms with Crippen LogP contribution in [0.15, 0.2) is 115 Å². The smallest absolute Gasteiger partial charge is 0.160 e. The fourth-order valence-electron chi connectivity index (χ4n) is 9.66. The van der Waals surface area contributed by atoms with Crippen molar-refractivity contribution in [3.63, 3.8) is 0 Å². The molecular weight excluding hydrogens is 1050 g/mol. The molecule has 0 N–H and O–H groups in total. The van der Waals surface area contributed by atoms with E-state index in [1.54, 1.807) is 28.4 Å². The van der Waals surface area contributed by atoms with Crippen molar-refractivity contribution in [2.24, 2.45) is 11.8 Å². The Kier molecular flexibility index (Phi) is 16.0. The largest absolute Gasteiger partial charge is 0.495 e. The molecule has 380 valence electrons. The molecule has 4 unspecified atom stereocenters. The molecule has 4 atom stereocenters. The van der Waals surface area contributed by atoms with Gasteiger partial charge in [-0.25, -0.2) is 0 Å². The van der Waals surface area contributed by atoms with Gasteiger partial charge in [-0.05, 0) is 153 Å². The van der Waals surface area contributed by atoms with Crippen LogP contribution in [-0.4, -0.2) is 100 Å². The van der Waals surface area contributed by atoms with Gasteiger partial charge in [0, 0.05) is 48.7 Å². The number of halogens is 2. The van der Waals surface area contributed by atoms with Gasteiger partial charge in [0.15, 0.2) is 5.78 Å². The lowest BCUT2D eigenvalue weighted by Crippen LogP contribution is -2.36. The lowest BCUT2D eigenvalue weighted by atomic mass is 9.79. The molecule has 2 aliphatic heterocycles. The third-order valence-corrected chi connectivity index (χ3v) is 15.7. The molecule has 6 aromatic rings. The Labute approximate surface area is 438 Å². The molecule has 2 saturated carbocycles. The minimum Gasteiger partial charge on any atom is -0.495 e. The molecule has 10 rings (SSSR count). The molecule has 4 aromatic carbocycles. The third-order valence-electron chi connectivity index (χ3n) is 14.2. The fourth-order valence-corrected chi connectivity index (χ4v) is 10.8. The minimum absolute atomic E-state index is 0.176. The van der Waals surface area contributed by atoms with Crippen molar-refractivity contribution in [2.45, 2.75) is 49.7 Å².